The van der Waals surface area contributed by atoms with Crippen molar-refractivity contribution in [2.45, 2.75) is 13.8 Å². The quantitative estimate of drug-likeness (QED) is 0.780. The van der Waals surface area contributed by atoms with Gasteiger partial charge in [-0.1, -0.05) is 23.2 Å². The molecule has 6 heteroatoms. The molecule has 1 N–H and O–H groups in total. The van der Waals surface area contributed by atoms with E-state index in [1.54, 1.807) is 19.2 Å². The monoisotopic (exact) mass is 327 g/mol. The van der Waals surface area contributed by atoms with Gasteiger partial charge in [0.25, 0.3) is 5.91 Å². The third kappa shape index (κ3) is 3.24. The molecule has 0 radical (unpaired) electrons. The van der Waals surface area contributed by atoms with Crippen LogP contribution >= 0.6 is 11.6 Å². The van der Waals surface area contributed by atoms with E-state index in [0.717, 1.165) is 16.7 Å². The van der Waals surface area contributed by atoms with Crippen molar-refractivity contribution in [3.05, 3.63) is 65.0 Å². The van der Waals surface area contributed by atoms with Gasteiger partial charge in [-0.25, -0.2) is 9.97 Å². The number of nitrogens with one attached hydrogen (secondary N) is 1. The van der Waals surface area contributed by atoms with Crippen molar-refractivity contribution in [3.63, 3.8) is 0 Å². The van der Waals surface area contributed by atoms with Crippen LogP contribution in [-0.4, -0.2) is 15.9 Å². The van der Waals surface area contributed by atoms with Crippen molar-refractivity contribution in [2.24, 2.45) is 0 Å². The number of aromatic nitrogens is 2. The SMILES string of the molecule is Cc1ccc(Cl)c(-c2ccc(NC(=O)c3ocnc3C)nc2)c1. The minimum Gasteiger partial charge on any atom is -0.438 e. The summed E-state index contributed by atoms with van der Waals surface area (Å²) in [6, 6.07) is 9.38. The number of aryl methyl sites for hydroxylation is 2. The lowest BCUT2D eigenvalue weighted by molar-refractivity contribution is 0.0995. The minimum absolute atomic E-state index is 0.178. The molecule has 23 heavy (non-hydrogen) atoms. The van der Waals surface area contributed by atoms with Gasteiger partial charge in [-0.2, -0.15) is 0 Å². The third-order valence-electron chi connectivity index (χ3n) is 3.39. The standard InChI is InChI=1S/C17H14ClN3O2/c1-10-3-5-14(18)13(7-10)12-4-6-15(19-8-12)21-17(22)16-11(2)20-9-23-16/h3-9H,1-2H3,(H,19,21,22). The summed E-state index contributed by atoms with van der Waals surface area (Å²) in [6.07, 6.45) is 2.91. The Kier molecular flexibility index (Phi) is 4.12. The molecule has 2 heterocycles. The van der Waals surface area contributed by atoms with Gasteiger partial charge in [0.05, 0.1) is 5.69 Å². The van der Waals surface area contributed by atoms with Crippen LogP contribution < -0.4 is 5.32 Å². The highest BCUT2D eigenvalue weighted by atomic mass is 35.5. The fourth-order valence-electron chi connectivity index (χ4n) is 2.18. The molecule has 5 nitrogen and oxygen atoms in total. The van der Waals surface area contributed by atoms with Crippen LogP contribution in [0.25, 0.3) is 11.1 Å². The lowest BCUT2D eigenvalue weighted by Gasteiger charge is -2.07. The average Bonchev–Trinajstić information content (AvgIpc) is 2.97. The molecule has 0 saturated heterocycles. The Hall–Kier alpha value is -2.66. The van der Waals surface area contributed by atoms with Gasteiger partial charge in [-0.05, 0) is 38.1 Å². The Morgan fingerprint density at radius 3 is 2.65 bits per heavy atom. The number of benzene rings is 1. The zero-order chi connectivity index (χ0) is 16.4. The fourth-order valence-corrected chi connectivity index (χ4v) is 2.41. The van der Waals surface area contributed by atoms with Crippen molar-refractivity contribution in [1.29, 1.82) is 0 Å². The molecule has 3 aromatic rings. The Morgan fingerprint density at radius 2 is 2.00 bits per heavy atom. The molecule has 0 aliphatic heterocycles. The first kappa shape index (κ1) is 15.2. The number of pyridine rings is 1. The Balaban J connectivity index is 1.81. The molecule has 0 fully saturated rings. The Labute approximate surface area is 138 Å². The van der Waals surface area contributed by atoms with E-state index in [-0.39, 0.29) is 11.7 Å². The molecular formula is C17H14ClN3O2. The van der Waals surface area contributed by atoms with E-state index in [1.807, 2.05) is 31.2 Å². The Morgan fingerprint density at radius 1 is 1.17 bits per heavy atom. The summed E-state index contributed by atoms with van der Waals surface area (Å²) < 4.78 is 5.05. The smallest absolute Gasteiger partial charge is 0.294 e. The van der Waals surface area contributed by atoms with Crippen molar-refractivity contribution in [2.75, 3.05) is 5.32 Å². The molecule has 0 atom stereocenters. The largest absolute Gasteiger partial charge is 0.438 e. The number of amides is 1. The maximum atomic E-state index is 12.0. The minimum atomic E-state index is -0.381. The summed E-state index contributed by atoms with van der Waals surface area (Å²) in [7, 11) is 0. The fraction of sp³-hybridized carbons (Fsp3) is 0.118. The highest BCUT2D eigenvalue weighted by Gasteiger charge is 2.14. The molecule has 1 aromatic carbocycles. The number of carbonyl (C=O) groups is 1. The molecule has 0 spiro atoms. The number of rotatable bonds is 3. The van der Waals surface area contributed by atoms with Crippen LogP contribution in [0.15, 0.2) is 47.3 Å². The predicted molar refractivity (Wildman–Crippen MR) is 88.6 cm³/mol. The first-order valence-corrected chi connectivity index (χ1v) is 7.36. The molecule has 0 unspecified atom stereocenters. The number of nitrogens with zero attached hydrogens (tertiary/aromatic N) is 2. The Bertz CT molecular complexity index is 857. The second kappa shape index (κ2) is 6.22. The van der Waals surface area contributed by atoms with Crippen molar-refractivity contribution >= 4 is 23.3 Å². The highest BCUT2D eigenvalue weighted by molar-refractivity contribution is 6.33. The topological polar surface area (TPSA) is 68.0 Å². The van der Waals surface area contributed by atoms with Crippen molar-refractivity contribution in [1.82, 2.24) is 9.97 Å². The number of hydrogen-bond acceptors (Lipinski definition) is 4. The van der Waals surface area contributed by atoms with Crippen LogP contribution in [-0.2, 0) is 0 Å². The van der Waals surface area contributed by atoms with E-state index in [2.05, 4.69) is 15.3 Å². The van der Waals surface area contributed by atoms with Gasteiger partial charge in [-0.3, -0.25) is 4.79 Å². The number of carbonyl (C=O) groups excluding carboxylic acids is 1. The first-order valence-electron chi connectivity index (χ1n) is 6.98. The van der Waals surface area contributed by atoms with Gasteiger partial charge in [0.15, 0.2) is 6.39 Å². The van der Waals surface area contributed by atoms with E-state index in [4.69, 9.17) is 16.0 Å². The third-order valence-corrected chi connectivity index (χ3v) is 3.72. The number of anilines is 1. The number of halogens is 1. The van der Waals surface area contributed by atoms with Crippen molar-refractivity contribution < 1.29 is 9.21 Å². The zero-order valence-electron chi connectivity index (χ0n) is 12.6. The summed E-state index contributed by atoms with van der Waals surface area (Å²) in [6.45, 7) is 3.70. The van der Waals surface area contributed by atoms with E-state index in [1.165, 1.54) is 6.39 Å². The molecule has 1 amide bonds. The average molecular weight is 328 g/mol. The maximum Gasteiger partial charge on any atom is 0.294 e. The van der Waals surface area contributed by atoms with Crippen LogP contribution in [0.4, 0.5) is 5.82 Å². The van der Waals surface area contributed by atoms with E-state index >= 15 is 0 Å². The molecular weight excluding hydrogens is 314 g/mol. The summed E-state index contributed by atoms with van der Waals surface area (Å²) >= 11 is 6.22. The lowest BCUT2D eigenvalue weighted by Crippen LogP contribution is -2.13. The molecule has 0 bridgehead atoms. The summed E-state index contributed by atoms with van der Waals surface area (Å²) in [5.74, 6) is 0.227. The van der Waals surface area contributed by atoms with E-state index < -0.39 is 0 Å². The first-order chi connectivity index (χ1) is 11.0. The summed E-state index contributed by atoms with van der Waals surface area (Å²) in [4.78, 5) is 20.2. The zero-order valence-corrected chi connectivity index (χ0v) is 13.4. The van der Waals surface area contributed by atoms with E-state index in [9.17, 15) is 4.79 Å². The van der Waals surface area contributed by atoms with Gasteiger partial charge in [-0.15, -0.1) is 0 Å². The van der Waals surface area contributed by atoms with Crippen LogP contribution in [0.3, 0.4) is 0 Å². The van der Waals surface area contributed by atoms with Crippen molar-refractivity contribution in [3.8, 4) is 11.1 Å². The highest BCUT2D eigenvalue weighted by Crippen LogP contribution is 2.28. The lowest BCUT2D eigenvalue weighted by atomic mass is 10.1. The van der Waals surface area contributed by atoms with Gasteiger partial charge < -0.3 is 9.73 Å². The van der Waals surface area contributed by atoms with E-state index in [0.29, 0.717) is 16.5 Å². The van der Waals surface area contributed by atoms with Crippen LogP contribution in [0, 0.1) is 13.8 Å². The predicted octanol–water partition coefficient (Wildman–Crippen LogP) is 4.26. The molecule has 3 rings (SSSR count). The van der Waals surface area contributed by atoms with Crippen LogP contribution in [0.1, 0.15) is 21.8 Å². The number of hydrogen-bond donors (Lipinski definition) is 1. The molecule has 0 saturated carbocycles. The number of oxazole rings is 1. The molecule has 0 aliphatic rings. The van der Waals surface area contributed by atoms with Crippen LogP contribution in [0.5, 0.6) is 0 Å². The van der Waals surface area contributed by atoms with Gasteiger partial charge in [0.2, 0.25) is 5.76 Å². The molecule has 0 aliphatic carbocycles. The van der Waals surface area contributed by atoms with Gasteiger partial charge in [0, 0.05) is 22.3 Å². The summed E-state index contributed by atoms with van der Waals surface area (Å²) in [5, 5.41) is 3.33. The van der Waals surface area contributed by atoms with Gasteiger partial charge in [0.1, 0.15) is 5.82 Å². The van der Waals surface area contributed by atoms with Crippen LogP contribution in [0.2, 0.25) is 5.02 Å². The normalized spacial score (nSPS) is 10.6. The summed E-state index contributed by atoms with van der Waals surface area (Å²) in [5.41, 5.74) is 3.43. The second-order valence-corrected chi connectivity index (χ2v) is 5.54. The maximum absolute atomic E-state index is 12.0. The molecule has 116 valence electrons. The molecule has 2 aromatic heterocycles. The second-order valence-electron chi connectivity index (χ2n) is 5.14. The van der Waals surface area contributed by atoms with Gasteiger partial charge >= 0.3 is 0 Å².